The first kappa shape index (κ1) is 17.8. The second-order valence-corrected chi connectivity index (χ2v) is 6.44. The van der Waals surface area contributed by atoms with Gasteiger partial charge in [-0.3, -0.25) is 0 Å². The molecule has 0 amide bonds. The minimum Gasteiger partial charge on any atom is -0.494 e. The Hall–Kier alpha value is -2.50. The maximum absolute atomic E-state index is 11.8. The van der Waals surface area contributed by atoms with Gasteiger partial charge in [-0.1, -0.05) is 13.8 Å². The van der Waals surface area contributed by atoms with E-state index in [-0.39, 0.29) is 5.57 Å². The largest absolute Gasteiger partial charge is 0.494 e. The molecular weight excluding hydrogens is 310 g/mol. The molecule has 0 atom stereocenters. The van der Waals surface area contributed by atoms with E-state index in [1.165, 1.54) is 20.0 Å². The Morgan fingerprint density at radius 2 is 1.71 bits per heavy atom. The molecule has 1 heterocycles. The van der Waals surface area contributed by atoms with Crippen LogP contribution in [-0.4, -0.2) is 24.3 Å². The Labute approximate surface area is 141 Å². The maximum Gasteiger partial charge on any atom is 0.350 e. The number of nitrogens with one attached hydrogen (secondary N) is 1. The van der Waals surface area contributed by atoms with Crippen LogP contribution in [0.5, 0.6) is 5.75 Å². The summed E-state index contributed by atoms with van der Waals surface area (Å²) in [6.45, 7) is 7.97. The molecular formula is C18H23NO5. The van der Waals surface area contributed by atoms with Gasteiger partial charge in [-0.25, -0.2) is 9.59 Å². The number of esters is 2. The normalized spacial score (nSPS) is 16.5. The third-order valence-corrected chi connectivity index (χ3v) is 3.32. The van der Waals surface area contributed by atoms with E-state index in [0.717, 1.165) is 12.2 Å². The number of hydrogen-bond acceptors (Lipinski definition) is 6. The zero-order chi connectivity index (χ0) is 17.7. The topological polar surface area (TPSA) is 73.9 Å². The van der Waals surface area contributed by atoms with Crippen LogP contribution in [0.1, 0.15) is 34.1 Å². The van der Waals surface area contributed by atoms with Crippen LogP contribution in [-0.2, 0) is 19.1 Å². The monoisotopic (exact) mass is 333 g/mol. The molecule has 0 saturated carbocycles. The van der Waals surface area contributed by atoms with Gasteiger partial charge < -0.3 is 19.5 Å². The Kier molecular flexibility index (Phi) is 5.49. The highest BCUT2D eigenvalue weighted by atomic mass is 16.7. The molecule has 6 nitrogen and oxygen atoms in total. The van der Waals surface area contributed by atoms with E-state index in [9.17, 15) is 9.59 Å². The van der Waals surface area contributed by atoms with Crippen molar-refractivity contribution in [3.8, 4) is 5.75 Å². The molecule has 0 bridgehead atoms. The number of benzene rings is 1. The van der Waals surface area contributed by atoms with E-state index < -0.39 is 17.7 Å². The van der Waals surface area contributed by atoms with Gasteiger partial charge >= 0.3 is 11.9 Å². The summed E-state index contributed by atoms with van der Waals surface area (Å²) in [4.78, 5) is 23.6. The highest BCUT2D eigenvalue weighted by Crippen LogP contribution is 2.23. The second-order valence-electron chi connectivity index (χ2n) is 6.44. The van der Waals surface area contributed by atoms with Crippen LogP contribution in [0.25, 0.3) is 0 Å². The minimum absolute atomic E-state index is 0.174. The van der Waals surface area contributed by atoms with E-state index in [0.29, 0.717) is 18.2 Å². The Morgan fingerprint density at radius 1 is 1.12 bits per heavy atom. The molecule has 1 aromatic carbocycles. The summed E-state index contributed by atoms with van der Waals surface area (Å²) in [6, 6.07) is 7.24. The van der Waals surface area contributed by atoms with Crippen LogP contribution in [0.15, 0.2) is 36.0 Å². The maximum atomic E-state index is 11.8. The lowest BCUT2D eigenvalue weighted by Gasteiger charge is -2.29. The SMILES string of the molecule is CC(C)CCOc1ccc(NC=C2C(=O)OC(C)(C)OC2=O)cc1. The van der Waals surface area contributed by atoms with Crippen LogP contribution in [0.4, 0.5) is 5.69 Å². The Morgan fingerprint density at radius 3 is 2.25 bits per heavy atom. The Bertz CT molecular complexity index is 609. The van der Waals surface area contributed by atoms with E-state index in [4.69, 9.17) is 14.2 Å². The summed E-state index contributed by atoms with van der Waals surface area (Å²) in [5.74, 6) is -1.29. The average Bonchev–Trinajstić information content (AvgIpc) is 2.46. The molecule has 1 aromatic rings. The van der Waals surface area contributed by atoms with Gasteiger partial charge in [0.1, 0.15) is 5.75 Å². The zero-order valence-corrected chi connectivity index (χ0v) is 14.4. The smallest absolute Gasteiger partial charge is 0.350 e. The molecule has 0 aromatic heterocycles. The summed E-state index contributed by atoms with van der Waals surface area (Å²) in [6.07, 6.45) is 2.28. The molecule has 1 N–H and O–H groups in total. The van der Waals surface area contributed by atoms with Gasteiger partial charge in [0.25, 0.3) is 5.79 Å². The highest BCUT2D eigenvalue weighted by Gasteiger charge is 2.38. The molecule has 1 saturated heterocycles. The molecule has 1 aliphatic rings. The van der Waals surface area contributed by atoms with Gasteiger partial charge in [-0.15, -0.1) is 0 Å². The van der Waals surface area contributed by atoms with Crippen molar-refractivity contribution in [1.82, 2.24) is 0 Å². The predicted molar refractivity (Wildman–Crippen MR) is 89.4 cm³/mol. The standard InChI is InChI=1S/C18H23NO5/c1-12(2)9-10-22-14-7-5-13(6-8-14)19-11-15-16(20)23-18(3,4)24-17(15)21/h5-8,11-12,19H,9-10H2,1-4H3. The van der Waals surface area contributed by atoms with Gasteiger partial charge in [-0.2, -0.15) is 0 Å². The lowest BCUT2D eigenvalue weighted by atomic mass is 10.1. The van der Waals surface area contributed by atoms with Crippen molar-refractivity contribution in [2.45, 2.75) is 39.9 Å². The van der Waals surface area contributed by atoms with E-state index in [2.05, 4.69) is 19.2 Å². The van der Waals surface area contributed by atoms with Crippen molar-refractivity contribution >= 4 is 17.6 Å². The van der Waals surface area contributed by atoms with Crippen molar-refractivity contribution in [2.75, 3.05) is 11.9 Å². The van der Waals surface area contributed by atoms with Crippen LogP contribution < -0.4 is 10.1 Å². The van der Waals surface area contributed by atoms with Gasteiger partial charge in [0.05, 0.1) is 6.61 Å². The van der Waals surface area contributed by atoms with Crippen LogP contribution in [0, 0.1) is 5.92 Å². The molecule has 24 heavy (non-hydrogen) atoms. The third-order valence-electron chi connectivity index (χ3n) is 3.32. The number of ether oxygens (including phenoxy) is 3. The molecule has 1 aliphatic heterocycles. The second kappa shape index (κ2) is 7.38. The zero-order valence-electron chi connectivity index (χ0n) is 14.4. The third kappa shape index (κ3) is 5.01. The highest BCUT2D eigenvalue weighted by molar-refractivity contribution is 6.15. The first-order valence-corrected chi connectivity index (χ1v) is 7.93. The van der Waals surface area contributed by atoms with E-state index in [1.807, 2.05) is 12.1 Å². The predicted octanol–water partition coefficient (Wildman–Crippen LogP) is 3.24. The summed E-state index contributed by atoms with van der Waals surface area (Å²) in [5.41, 5.74) is 0.538. The van der Waals surface area contributed by atoms with Gasteiger partial charge in [-0.05, 0) is 36.6 Å². The summed E-state index contributed by atoms with van der Waals surface area (Å²) in [5, 5.41) is 2.88. The van der Waals surface area contributed by atoms with Gasteiger partial charge in [0.2, 0.25) is 0 Å². The molecule has 0 aliphatic carbocycles. The lowest BCUT2D eigenvalue weighted by Crippen LogP contribution is -2.42. The molecule has 0 spiro atoms. The molecule has 2 rings (SSSR count). The Balaban J connectivity index is 1.94. The molecule has 0 unspecified atom stereocenters. The minimum atomic E-state index is -1.24. The average molecular weight is 333 g/mol. The summed E-state index contributed by atoms with van der Waals surface area (Å²) in [7, 11) is 0. The lowest BCUT2D eigenvalue weighted by molar-refractivity contribution is -0.222. The van der Waals surface area contributed by atoms with Gasteiger partial charge in [0, 0.05) is 25.7 Å². The number of cyclic esters (lactones) is 2. The summed E-state index contributed by atoms with van der Waals surface area (Å²) >= 11 is 0. The van der Waals surface area contributed by atoms with E-state index in [1.54, 1.807) is 12.1 Å². The van der Waals surface area contributed by atoms with Crippen molar-refractivity contribution in [3.05, 3.63) is 36.0 Å². The molecule has 6 heteroatoms. The first-order chi connectivity index (χ1) is 11.3. The number of carbonyl (C=O) groups is 2. The molecule has 130 valence electrons. The quantitative estimate of drug-likeness (QED) is 0.489. The van der Waals surface area contributed by atoms with Crippen molar-refractivity contribution < 1.29 is 23.8 Å². The van der Waals surface area contributed by atoms with Crippen LogP contribution in [0.2, 0.25) is 0 Å². The fourth-order valence-corrected chi connectivity index (χ4v) is 1.99. The van der Waals surface area contributed by atoms with Crippen LogP contribution in [0.3, 0.4) is 0 Å². The molecule has 1 fully saturated rings. The first-order valence-electron chi connectivity index (χ1n) is 7.93. The van der Waals surface area contributed by atoms with Crippen molar-refractivity contribution in [2.24, 2.45) is 5.92 Å². The van der Waals surface area contributed by atoms with E-state index >= 15 is 0 Å². The summed E-state index contributed by atoms with van der Waals surface area (Å²) < 4.78 is 15.7. The number of carbonyl (C=O) groups excluding carboxylic acids is 2. The van der Waals surface area contributed by atoms with Gasteiger partial charge in [0.15, 0.2) is 5.57 Å². The fraction of sp³-hybridized carbons (Fsp3) is 0.444. The number of rotatable bonds is 6. The molecule has 0 radical (unpaired) electrons. The number of hydrogen-bond donors (Lipinski definition) is 1. The van der Waals surface area contributed by atoms with Crippen molar-refractivity contribution in [3.63, 3.8) is 0 Å². The van der Waals surface area contributed by atoms with Crippen LogP contribution >= 0.6 is 0 Å². The number of anilines is 1. The van der Waals surface area contributed by atoms with Crippen molar-refractivity contribution in [1.29, 1.82) is 0 Å². The fourth-order valence-electron chi connectivity index (χ4n) is 1.99.